The normalized spacial score (nSPS) is 15.3. The van der Waals surface area contributed by atoms with E-state index >= 15 is 0 Å². The van der Waals surface area contributed by atoms with Crippen LogP contribution in [0.4, 0.5) is 20.4 Å². The number of hydrogen-bond donors (Lipinski definition) is 1. The van der Waals surface area contributed by atoms with Gasteiger partial charge in [0.15, 0.2) is 11.6 Å². The van der Waals surface area contributed by atoms with Gasteiger partial charge in [-0.1, -0.05) is 12.1 Å². The minimum absolute atomic E-state index is 0.0925. The number of aryl methyl sites for hydroxylation is 1. The number of piperazine rings is 1. The summed E-state index contributed by atoms with van der Waals surface area (Å²) in [4.78, 5) is 29.2. The molecule has 2 aromatic heterocycles. The Balaban J connectivity index is 1.33. The Morgan fingerprint density at radius 1 is 1.00 bits per heavy atom. The van der Waals surface area contributed by atoms with Gasteiger partial charge in [0.2, 0.25) is 5.88 Å². The summed E-state index contributed by atoms with van der Waals surface area (Å²) >= 11 is 0. The highest BCUT2D eigenvalue weighted by Crippen LogP contribution is 2.30. The highest BCUT2D eigenvalue weighted by molar-refractivity contribution is 5.83. The molecule has 1 aliphatic heterocycles. The lowest BCUT2D eigenvalue weighted by atomic mass is 10.1. The van der Waals surface area contributed by atoms with Gasteiger partial charge in [-0.05, 0) is 24.6 Å². The van der Waals surface area contributed by atoms with Crippen LogP contribution >= 0.6 is 0 Å². The van der Waals surface area contributed by atoms with Gasteiger partial charge in [0, 0.05) is 57.5 Å². The minimum atomic E-state index is -0.584. The molecule has 1 aliphatic rings. The molecule has 2 N–H and O–H groups in total. The molecule has 1 saturated heterocycles. The van der Waals surface area contributed by atoms with Gasteiger partial charge in [0.25, 0.3) is 5.56 Å². The summed E-state index contributed by atoms with van der Waals surface area (Å²) in [5.41, 5.74) is 6.79. The molecule has 3 heterocycles. The van der Waals surface area contributed by atoms with Gasteiger partial charge in [-0.25, -0.2) is 23.7 Å². The molecule has 0 saturated carbocycles. The van der Waals surface area contributed by atoms with Crippen LogP contribution in [0, 0.1) is 11.6 Å². The number of fused-ring (bicyclic) bond motifs is 1. The second kappa shape index (κ2) is 9.50. The molecule has 9 nitrogen and oxygen atoms in total. The second-order valence-corrected chi connectivity index (χ2v) is 8.70. The number of halogens is 2. The first-order valence-corrected chi connectivity index (χ1v) is 11.5. The van der Waals surface area contributed by atoms with Gasteiger partial charge in [0.1, 0.15) is 29.3 Å². The van der Waals surface area contributed by atoms with E-state index < -0.39 is 11.4 Å². The monoisotopic (exact) mass is 493 g/mol. The van der Waals surface area contributed by atoms with Gasteiger partial charge in [-0.15, -0.1) is 0 Å². The number of nitrogen functional groups attached to an aromatic ring is 1. The molecule has 1 fully saturated rings. The smallest absolute Gasteiger partial charge is 0.293 e. The number of anilines is 2. The van der Waals surface area contributed by atoms with Crippen LogP contribution in [0.5, 0.6) is 11.6 Å². The summed E-state index contributed by atoms with van der Waals surface area (Å²) in [5, 5.41) is 0. The van der Waals surface area contributed by atoms with Crippen molar-refractivity contribution in [2.45, 2.75) is 13.0 Å². The molecule has 0 radical (unpaired) electrons. The third-order valence-electron chi connectivity index (χ3n) is 6.52. The largest absolute Gasteiger partial charge is 0.436 e. The highest BCUT2D eigenvalue weighted by atomic mass is 19.1. The molecule has 0 amide bonds. The lowest BCUT2D eigenvalue weighted by molar-refractivity contribution is 0.198. The Morgan fingerprint density at radius 2 is 1.72 bits per heavy atom. The van der Waals surface area contributed by atoms with E-state index in [0.717, 1.165) is 31.7 Å². The second-order valence-electron chi connectivity index (χ2n) is 8.70. The fraction of sp³-hybridized carbons (Fsp3) is 0.280. The molecule has 2 aromatic carbocycles. The van der Waals surface area contributed by atoms with Crippen LogP contribution in [0.15, 0.2) is 53.6 Å². The van der Waals surface area contributed by atoms with Gasteiger partial charge in [-0.3, -0.25) is 9.69 Å². The van der Waals surface area contributed by atoms with Crippen molar-refractivity contribution in [2.75, 3.05) is 36.8 Å². The van der Waals surface area contributed by atoms with E-state index in [1.807, 2.05) is 12.1 Å². The first-order chi connectivity index (χ1) is 17.3. The lowest BCUT2D eigenvalue weighted by Gasteiger charge is -2.38. The van der Waals surface area contributed by atoms with Crippen molar-refractivity contribution in [1.82, 2.24) is 24.4 Å². The molecule has 4 aromatic rings. The van der Waals surface area contributed by atoms with Crippen molar-refractivity contribution in [2.24, 2.45) is 7.05 Å². The third-order valence-corrected chi connectivity index (χ3v) is 6.52. The average molecular weight is 494 g/mol. The number of hydrogen-bond acceptors (Lipinski definition) is 8. The predicted octanol–water partition coefficient (Wildman–Crippen LogP) is 3.26. The molecule has 0 bridgehead atoms. The number of benzene rings is 2. The summed E-state index contributed by atoms with van der Waals surface area (Å²) in [6.07, 6.45) is 1.39. The lowest BCUT2D eigenvalue weighted by Crippen LogP contribution is -2.47. The molecule has 36 heavy (non-hydrogen) atoms. The molecule has 0 spiro atoms. The van der Waals surface area contributed by atoms with Crippen LogP contribution in [0.2, 0.25) is 0 Å². The van der Waals surface area contributed by atoms with Crippen LogP contribution in [-0.2, 0) is 7.05 Å². The van der Waals surface area contributed by atoms with Gasteiger partial charge in [-0.2, -0.15) is 0 Å². The number of rotatable bonds is 5. The van der Waals surface area contributed by atoms with Crippen LogP contribution in [0.25, 0.3) is 11.0 Å². The van der Waals surface area contributed by atoms with Crippen LogP contribution in [0.3, 0.4) is 0 Å². The van der Waals surface area contributed by atoms with E-state index in [-0.39, 0.29) is 40.3 Å². The first-order valence-electron chi connectivity index (χ1n) is 11.5. The number of nitrogens with zero attached hydrogens (tertiary/aromatic N) is 6. The zero-order chi connectivity index (χ0) is 25.4. The summed E-state index contributed by atoms with van der Waals surface area (Å²) in [6, 6.07) is 10.8. The van der Waals surface area contributed by atoms with Crippen molar-refractivity contribution in [3.05, 3.63) is 76.3 Å². The molecule has 0 unspecified atom stereocenters. The molecule has 0 aliphatic carbocycles. The summed E-state index contributed by atoms with van der Waals surface area (Å²) in [7, 11) is 1.49. The number of aromatic nitrogens is 4. The van der Waals surface area contributed by atoms with Crippen molar-refractivity contribution in [1.29, 1.82) is 0 Å². The highest BCUT2D eigenvalue weighted by Gasteiger charge is 2.23. The Bertz CT molecular complexity index is 1470. The van der Waals surface area contributed by atoms with Gasteiger partial charge < -0.3 is 19.9 Å². The predicted molar refractivity (Wildman–Crippen MR) is 132 cm³/mol. The van der Waals surface area contributed by atoms with E-state index in [9.17, 15) is 13.6 Å². The quantitative estimate of drug-likeness (QED) is 0.452. The third kappa shape index (κ3) is 4.57. The Morgan fingerprint density at radius 3 is 2.44 bits per heavy atom. The molecule has 5 rings (SSSR count). The number of ether oxygens (including phenoxy) is 1. The minimum Gasteiger partial charge on any atom is -0.436 e. The first kappa shape index (κ1) is 23.6. The summed E-state index contributed by atoms with van der Waals surface area (Å²) < 4.78 is 34.7. The fourth-order valence-corrected chi connectivity index (χ4v) is 4.42. The molecule has 186 valence electrons. The maximum atomic E-state index is 14.3. The van der Waals surface area contributed by atoms with Crippen molar-refractivity contribution >= 4 is 22.7 Å². The van der Waals surface area contributed by atoms with E-state index in [2.05, 4.69) is 31.7 Å². The number of nitrogens with two attached hydrogens (primary N) is 1. The summed E-state index contributed by atoms with van der Waals surface area (Å²) in [6.45, 7) is 5.16. The van der Waals surface area contributed by atoms with E-state index in [1.54, 1.807) is 6.07 Å². The Labute approximate surface area is 205 Å². The standard InChI is InChI=1S/C25H25F2N7O2/c1-15(16-3-5-17(26)6-4-16)33-7-9-34(10-8-33)21-13-22(30-14-29-21)36-20-12-18(27)11-19-23(20)31-24(28)25(35)32(19)2/h3-6,11-15H,7-10H2,1-2H3,(H2,28,31)/t15-/m1/s1. The van der Waals surface area contributed by atoms with Crippen LogP contribution < -0.4 is 20.9 Å². The van der Waals surface area contributed by atoms with Crippen LogP contribution in [0.1, 0.15) is 18.5 Å². The zero-order valence-electron chi connectivity index (χ0n) is 19.9. The van der Waals surface area contributed by atoms with E-state index in [4.69, 9.17) is 10.5 Å². The zero-order valence-corrected chi connectivity index (χ0v) is 19.9. The molecule has 11 heteroatoms. The molecular weight excluding hydrogens is 468 g/mol. The van der Waals surface area contributed by atoms with Gasteiger partial charge >= 0.3 is 0 Å². The van der Waals surface area contributed by atoms with E-state index in [1.165, 1.54) is 42.2 Å². The Hall–Kier alpha value is -4.12. The maximum absolute atomic E-state index is 14.3. The van der Waals surface area contributed by atoms with Crippen LogP contribution in [-0.4, -0.2) is 50.6 Å². The van der Waals surface area contributed by atoms with Gasteiger partial charge in [0.05, 0.1) is 5.52 Å². The molecular formula is C25H25F2N7O2. The maximum Gasteiger partial charge on any atom is 0.293 e. The topological polar surface area (TPSA) is 102 Å². The SMILES string of the molecule is C[C@H](c1ccc(F)cc1)N1CCN(c2cc(Oc3cc(F)cc4c3nc(N)c(=O)n4C)ncn2)CC1. The molecule has 1 atom stereocenters. The van der Waals surface area contributed by atoms with Crippen molar-refractivity contribution < 1.29 is 13.5 Å². The fourth-order valence-electron chi connectivity index (χ4n) is 4.42. The summed E-state index contributed by atoms with van der Waals surface area (Å²) in [5.74, 6) is -0.0582. The van der Waals surface area contributed by atoms with E-state index in [0.29, 0.717) is 5.82 Å². The Kier molecular flexibility index (Phi) is 6.23. The van der Waals surface area contributed by atoms with Crippen molar-refractivity contribution in [3.8, 4) is 11.6 Å². The average Bonchev–Trinajstić information content (AvgIpc) is 2.88. The van der Waals surface area contributed by atoms with Crippen molar-refractivity contribution in [3.63, 3.8) is 0 Å².